The SMILES string of the molecule is CCNc1c(F)cccc1C(=O)N1CCOC(CO)C1. The number of aliphatic hydroxyl groups excluding tert-OH is 1. The fourth-order valence-corrected chi connectivity index (χ4v) is 2.24. The third-order valence-corrected chi connectivity index (χ3v) is 3.23. The van der Waals surface area contributed by atoms with E-state index in [-0.39, 0.29) is 24.3 Å². The maximum absolute atomic E-state index is 13.8. The normalized spacial score (nSPS) is 18.9. The van der Waals surface area contributed by atoms with Gasteiger partial charge in [0.2, 0.25) is 0 Å². The molecule has 20 heavy (non-hydrogen) atoms. The quantitative estimate of drug-likeness (QED) is 0.868. The number of carbonyl (C=O) groups is 1. The van der Waals surface area contributed by atoms with Crippen molar-refractivity contribution in [2.45, 2.75) is 13.0 Å². The highest BCUT2D eigenvalue weighted by molar-refractivity contribution is 5.99. The first-order valence-electron chi connectivity index (χ1n) is 6.71. The molecule has 2 N–H and O–H groups in total. The van der Waals surface area contributed by atoms with E-state index in [0.717, 1.165) is 0 Å². The van der Waals surface area contributed by atoms with Crippen molar-refractivity contribution in [1.29, 1.82) is 0 Å². The van der Waals surface area contributed by atoms with Crippen LogP contribution < -0.4 is 5.32 Å². The van der Waals surface area contributed by atoms with Crippen LogP contribution in [-0.4, -0.2) is 54.9 Å². The van der Waals surface area contributed by atoms with Crippen LogP contribution in [0.25, 0.3) is 0 Å². The van der Waals surface area contributed by atoms with Gasteiger partial charge in [0.25, 0.3) is 5.91 Å². The first kappa shape index (κ1) is 14.7. The monoisotopic (exact) mass is 282 g/mol. The van der Waals surface area contributed by atoms with Crippen LogP contribution in [0.15, 0.2) is 18.2 Å². The molecule has 1 unspecified atom stereocenters. The predicted molar refractivity (Wildman–Crippen MR) is 73.3 cm³/mol. The van der Waals surface area contributed by atoms with Crippen molar-refractivity contribution < 1.29 is 19.0 Å². The Morgan fingerprint density at radius 3 is 3.10 bits per heavy atom. The Bertz CT molecular complexity index is 481. The number of hydrogen-bond acceptors (Lipinski definition) is 4. The molecule has 1 aliphatic heterocycles. The zero-order valence-corrected chi connectivity index (χ0v) is 11.4. The van der Waals surface area contributed by atoms with Crippen LogP contribution in [0.5, 0.6) is 0 Å². The zero-order chi connectivity index (χ0) is 14.5. The highest BCUT2D eigenvalue weighted by Gasteiger charge is 2.26. The zero-order valence-electron chi connectivity index (χ0n) is 11.4. The number of ether oxygens (including phenoxy) is 1. The molecular weight excluding hydrogens is 263 g/mol. The minimum Gasteiger partial charge on any atom is -0.394 e. The summed E-state index contributed by atoms with van der Waals surface area (Å²) in [4.78, 5) is 14.1. The number of anilines is 1. The van der Waals surface area contributed by atoms with E-state index in [0.29, 0.717) is 31.8 Å². The number of aliphatic hydroxyl groups is 1. The molecule has 1 atom stereocenters. The van der Waals surface area contributed by atoms with E-state index in [1.807, 2.05) is 6.92 Å². The number of hydrogen-bond donors (Lipinski definition) is 2. The number of nitrogens with one attached hydrogen (secondary N) is 1. The van der Waals surface area contributed by atoms with Crippen LogP contribution in [-0.2, 0) is 4.74 Å². The molecule has 0 bridgehead atoms. The summed E-state index contributed by atoms with van der Waals surface area (Å²) in [6.45, 7) is 3.38. The summed E-state index contributed by atoms with van der Waals surface area (Å²) < 4.78 is 19.1. The average Bonchev–Trinajstić information content (AvgIpc) is 2.49. The van der Waals surface area contributed by atoms with Gasteiger partial charge in [-0.3, -0.25) is 4.79 Å². The molecule has 1 aliphatic rings. The lowest BCUT2D eigenvalue weighted by molar-refractivity contribution is -0.0447. The first-order chi connectivity index (χ1) is 9.67. The number of halogens is 1. The fraction of sp³-hybridized carbons (Fsp3) is 0.500. The summed E-state index contributed by atoms with van der Waals surface area (Å²) in [7, 11) is 0. The van der Waals surface area contributed by atoms with Gasteiger partial charge in [-0.1, -0.05) is 6.07 Å². The van der Waals surface area contributed by atoms with Gasteiger partial charge in [0.1, 0.15) is 5.82 Å². The molecule has 110 valence electrons. The highest BCUT2D eigenvalue weighted by atomic mass is 19.1. The van der Waals surface area contributed by atoms with Crippen molar-refractivity contribution in [2.24, 2.45) is 0 Å². The smallest absolute Gasteiger partial charge is 0.256 e. The maximum atomic E-state index is 13.8. The van der Waals surface area contributed by atoms with Gasteiger partial charge in [-0.05, 0) is 19.1 Å². The van der Waals surface area contributed by atoms with Crippen LogP contribution in [0.3, 0.4) is 0 Å². The third kappa shape index (κ3) is 3.08. The van der Waals surface area contributed by atoms with Crippen LogP contribution >= 0.6 is 0 Å². The number of benzene rings is 1. The predicted octanol–water partition coefficient (Wildman–Crippen LogP) is 1.09. The van der Waals surface area contributed by atoms with Crippen LogP contribution in [0.1, 0.15) is 17.3 Å². The van der Waals surface area contributed by atoms with Gasteiger partial charge in [-0.2, -0.15) is 0 Å². The van der Waals surface area contributed by atoms with Crippen molar-refractivity contribution in [3.05, 3.63) is 29.6 Å². The molecule has 1 fully saturated rings. The number of carbonyl (C=O) groups excluding carboxylic acids is 1. The molecule has 1 amide bonds. The number of para-hydroxylation sites is 1. The largest absolute Gasteiger partial charge is 0.394 e. The minimum absolute atomic E-state index is 0.132. The topological polar surface area (TPSA) is 61.8 Å². The Labute approximate surface area is 117 Å². The van der Waals surface area contributed by atoms with E-state index in [2.05, 4.69) is 5.32 Å². The molecule has 0 spiro atoms. The summed E-state index contributed by atoms with van der Waals surface area (Å²) in [5.74, 6) is -0.688. The molecule has 0 aromatic heterocycles. The van der Waals surface area contributed by atoms with Gasteiger partial charge in [-0.25, -0.2) is 4.39 Å². The second-order valence-electron chi connectivity index (χ2n) is 4.62. The van der Waals surface area contributed by atoms with Crippen molar-refractivity contribution in [3.63, 3.8) is 0 Å². The fourth-order valence-electron chi connectivity index (χ4n) is 2.24. The maximum Gasteiger partial charge on any atom is 0.256 e. The molecule has 5 nitrogen and oxygen atoms in total. The van der Waals surface area contributed by atoms with E-state index >= 15 is 0 Å². The standard InChI is InChI=1S/C14H19FN2O3/c1-2-16-13-11(4-3-5-12(13)15)14(19)17-6-7-20-10(8-17)9-18/h3-5,10,16,18H,2,6-9H2,1H3. The van der Waals surface area contributed by atoms with Crippen molar-refractivity contribution in [1.82, 2.24) is 4.90 Å². The summed E-state index contributed by atoms with van der Waals surface area (Å²) >= 11 is 0. The highest BCUT2D eigenvalue weighted by Crippen LogP contribution is 2.22. The van der Waals surface area contributed by atoms with E-state index < -0.39 is 5.82 Å². The Morgan fingerprint density at radius 1 is 1.60 bits per heavy atom. The third-order valence-electron chi connectivity index (χ3n) is 3.23. The van der Waals surface area contributed by atoms with Crippen LogP contribution in [0.2, 0.25) is 0 Å². The summed E-state index contributed by atoms with van der Waals surface area (Å²) in [6, 6.07) is 4.45. The van der Waals surface area contributed by atoms with Gasteiger partial charge in [0.15, 0.2) is 0 Å². The molecule has 1 saturated heterocycles. The molecule has 0 radical (unpaired) electrons. The summed E-state index contributed by atoms with van der Waals surface area (Å²) in [5.41, 5.74) is 0.539. The summed E-state index contributed by atoms with van der Waals surface area (Å²) in [6.07, 6.45) is -0.371. The Morgan fingerprint density at radius 2 is 2.40 bits per heavy atom. The molecule has 0 aliphatic carbocycles. The Hall–Kier alpha value is -1.66. The van der Waals surface area contributed by atoms with Gasteiger partial charge >= 0.3 is 0 Å². The van der Waals surface area contributed by atoms with Crippen molar-refractivity contribution in [3.8, 4) is 0 Å². The van der Waals surface area contributed by atoms with Gasteiger partial charge in [0.05, 0.1) is 30.6 Å². The lowest BCUT2D eigenvalue weighted by atomic mass is 10.1. The number of nitrogens with zero attached hydrogens (tertiary/aromatic N) is 1. The van der Waals surface area contributed by atoms with Crippen LogP contribution in [0, 0.1) is 5.82 Å². The lowest BCUT2D eigenvalue weighted by Crippen LogP contribution is -2.47. The second-order valence-corrected chi connectivity index (χ2v) is 4.62. The molecular formula is C14H19FN2O3. The molecule has 6 heteroatoms. The van der Waals surface area contributed by atoms with Gasteiger partial charge < -0.3 is 20.1 Å². The van der Waals surface area contributed by atoms with E-state index in [1.54, 1.807) is 11.0 Å². The van der Waals surface area contributed by atoms with Crippen molar-refractivity contribution >= 4 is 11.6 Å². The lowest BCUT2D eigenvalue weighted by Gasteiger charge is -2.32. The van der Waals surface area contributed by atoms with Gasteiger partial charge in [0, 0.05) is 19.6 Å². The first-order valence-corrected chi connectivity index (χ1v) is 6.71. The van der Waals surface area contributed by atoms with Gasteiger partial charge in [-0.15, -0.1) is 0 Å². The summed E-state index contributed by atoms with van der Waals surface area (Å²) in [5, 5.41) is 12.0. The van der Waals surface area contributed by atoms with Crippen LogP contribution in [0.4, 0.5) is 10.1 Å². The number of rotatable bonds is 4. The number of amides is 1. The van der Waals surface area contributed by atoms with E-state index in [1.165, 1.54) is 12.1 Å². The molecule has 1 aromatic carbocycles. The number of morpholine rings is 1. The van der Waals surface area contributed by atoms with Crippen molar-refractivity contribution in [2.75, 3.05) is 38.2 Å². The molecule has 0 saturated carbocycles. The van der Waals surface area contributed by atoms with E-state index in [9.17, 15) is 9.18 Å². The average molecular weight is 282 g/mol. The Balaban J connectivity index is 2.22. The second kappa shape index (κ2) is 6.67. The minimum atomic E-state index is -0.440. The Kier molecular flexibility index (Phi) is 4.92. The molecule has 2 rings (SSSR count). The molecule has 1 aromatic rings. The molecule has 1 heterocycles. The van der Waals surface area contributed by atoms with E-state index in [4.69, 9.17) is 9.84 Å².